The zero-order valence-electron chi connectivity index (χ0n) is 10.1. The molecule has 100 valence electrons. The molecule has 1 atom stereocenters. The van der Waals surface area contributed by atoms with Gasteiger partial charge in [-0.3, -0.25) is 0 Å². The Morgan fingerprint density at radius 2 is 2.11 bits per heavy atom. The Bertz CT molecular complexity index is 526. The van der Waals surface area contributed by atoms with Crippen molar-refractivity contribution in [2.45, 2.75) is 23.5 Å². The summed E-state index contributed by atoms with van der Waals surface area (Å²) in [5, 5.41) is -1.31. The van der Waals surface area contributed by atoms with Gasteiger partial charge in [-0.25, -0.2) is 13.2 Å². The summed E-state index contributed by atoms with van der Waals surface area (Å²) in [7, 11) is -2.40. The maximum absolute atomic E-state index is 12.2. The SMILES string of the molecule is CCC(C(=O)ON)S(=O)(=O)c1cccc(OC)c1. The highest BCUT2D eigenvalue weighted by molar-refractivity contribution is 7.92. The lowest BCUT2D eigenvalue weighted by molar-refractivity contribution is -0.143. The van der Waals surface area contributed by atoms with E-state index in [1.807, 2.05) is 0 Å². The molecule has 0 saturated carbocycles. The van der Waals surface area contributed by atoms with Crippen molar-refractivity contribution < 1.29 is 22.8 Å². The highest BCUT2D eigenvalue weighted by Gasteiger charge is 2.33. The number of hydrogen-bond donors (Lipinski definition) is 1. The van der Waals surface area contributed by atoms with Crippen LogP contribution in [0.15, 0.2) is 29.2 Å². The summed E-state index contributed by atoms with van der Waals surface area (Å²) in [6.45, 7) is 1.57. The summed E-state index contributed by atoms with van der Waals surface area (Å²) in [6, 6.07) is 5.89. The number of carbonyl (C=O) groups is 1. The summed E-state index contributed by atoms with van der Waals surface area (Å²) in [6.07, 6.45) is 0.0789. The molecule has 0 aliphatic rings. The van der Waals surface area contributed by atoms with Crippen molar-refractivity contribution in [1.29, 1.82) is 0 Å². The Kier molecular flexibility index (Phi) is 4.69. The van der Waals surface area contributed by atoms with E-state index in [0.717, 1.165) is 0 Å². The standard InChI is InChI=1S/C11H15NO5S/c1-3-10(11(13)17-12)18(14,15)9-6-4-5-8(7-9)16-2/h4-7,10H,3,12H2,1-2H3. The molecule has 1 aromatic rings. The van der Waals surface area contributed by atoms with Crippen LogP contribution >= 0.6 is 0 Å². The third-order valence-corrected chi connectivity index (χ3v) is 4.68. The first-order valence-corrected chi connectivity index (χ1v) is 6.80. The molecule has 0 aromatic heterocycles. The Balaban J connectivity index is 3.22. The first-order valence-electron chi connectivity index (χ1n) is 5.25. The number of hydrogen-bond acceptors (Lipinski definition) is 6. The molecule has 0 radical (unpaired) electrons. The van der Waals surface area contributed by atoms with Gasteiger partial charge in [0.05, 0.1) is 12.0 Å². The lowest BCUT2D eigenvalue weighted by Crippen LogP contribution is -2.33. The first kappa shape index (κ1) is 14.5. The molecule has 0 bridgehead atoms. The first-order chi connectivity index (χ1) is 8.47. The van der Waals surface area contributed by atoms with E-state index in [4.69, 9.17) is 10.6 Å². The molecular formula is C11H15NO5S. The third kappa shape index (κ3) is 2.80. The summed E-state index contributed by atoms with van der Waals surface area (Å²) in [5.41, 5.74) is 0. The maximum atomic E-state index is 12.2. The van der Waals surface area contributed by atoms with E-state index in [1.165, 1.54) is 25.3 Å². The number of sulfone groups is 1. The fraction of sp³-hybridized carbons (Fsp3) is 0.364. The van der Waals surface area contributed by atoms with Crippen molar-refractivity contribution >= 4 is 15.8 Å². The quantitative estimate of drug-likeness (QED) is 0.792. The van der Waals surface area contributed by atoms with Crippen LogP contribution < -0.4 is 10.6 Å². The van der Waals surface area contributed by atoms with Gasteiger partial charge in [0.15, 0.2) is 15.1 Å². The smallest absolute Gasteiger partial charge is 0.343 e. The lowest BCUT2D eigenvalue weighted by Gasteiger charge is -2.13. The average Bonchev–Trinajstić information content (AvgIpc) is 2.39. The molecule has 0 heterocycles. The molecule has 1 aromatic carbocycles. The van der Waals surface area contributed by atoms with Gasteiger partial charge in [-0.05, 0) is 24.6 Å². The molecule has 2 N–H and O–H groups in total. The topological polar surface area (TPSA) is 95.7 Å². The van der Waals surface area contributed by atoms with Gasteiger partial charge >= 0.3 is 5.97 Å². The Hall–Kier alpha value is -1.60. The third-order valence-electron chi connectivity index (χ3n) is 2.49. The zero-order chi connectivity index (χ0) is 13.8. The van der Waals surface area contributed by atoms with Gasteiger partial charge in [0.25, 0.3) is 0 Å². The summed E-state index contributed by atoms with van der Waals surface area (Å²) < 4.78 is 29.4. The van der Waals surface area contributed by atoms with Crippen molar-refractivity contribution in [3.63, 3.8) is 0 Å². The average molecular weight is 273 g/mol. The molecule has 0 aliphatic heterocycles. The van der Waals surface area contributed by atoms with Crippen molar-refractivity contribution in [1.82, 2.24) is 0 Å². The van der Waals surface area contributed by atoms with Gasteiger partial charge in [-0.1, -0.05) is 13.0 Å². The van der Waals surface area contributed by atoms with E-state index < -0.39 is 21.1 Å². The molecule has 0 saturated heterocycles. The molecule has 1 unspecified atom stereocenters. The number of benzene rings is 1. The molecular weight excluding hydrogens is 258 g/mol. The van der Waals surface area contributed by atoms with Crippen LogP contribution in [-0.2, 0) is 19.5 Å². The summed E-state index contributed by atoms with van der Waals surface area (Å²) >= 11 is 0. The monoisotopic (exact) mass is 273 g/mol. The number of ether oxygens (including phenoxy) is 1. The molecule has 7 heteroatoms. The van der Waals surface area contributed by atoms with Gasteiger partial charge in [0.2, 0.25) is 0 Å². The highest BCUT2D eigenvalue weighted by atomic mass is 32.2. The number of carbonyl (C=O) groups excluding carboxylic acids is 1. The fourth-order valence-electron chi connectivity index (χ4n) is 1.53. The second-order valence-electron chi connectivity index (χ2n) is 3.56. The predicted octanol–water partition coefficient (Wildman–Crippen LogP) is 0.664. The normalized spacial score (nSPS) is 12.8. The second kappa shape index (κ2) is 5.83. The largest absolute Gasteiger partial charge is 0.497 e. The zero-order valence-corrected chi connectivity index (χ0v) is 10.9. The van der Waals surface area contributed by atoms with Crippen LogP contribution in [0.1, 0.15) is 13.3 Å². The van der Waals surface area contributed by atoms with Gasteiger partial charge in [-0.15, -0.1) is 0 Å². The number of rotatable bonds is 5. The Labute approximate surface area is 106 Å². The maximum Gasteiger partial charge on any atom is 0.343 e. The van der Waals surface area contributed by atoms with Crippen LogP contribution in [0, 0.1) is 0 Å². The molecule has 0 spiro atoms. The van der Waals surface area contributed by atoms with Crippen LogP contribution in [0.4, 0.5) is 0 Å². The van der Waals surface area contributed by atoms with E-state index >= 15 is 0 Å². The molecule has 0 amide bonds. The molecule has 18 heavy (non-hydrogen) atoms. The van der Waals surface area contributed by atoms with Crippen molar-refractivity contribution in [3.05, 3.63) is 24.3 Å². The van der Waals surface area contributed by atoms with Crippen LogP contribution in [0.5, 0.6) is 5.75 Å². The molecule has 0 aliphatic carbocycles. The summed E-state index contributed by atoms with van der Waals surface area (Å²) in [4.78, 5) is 15.4. The highest BCUT2D eigenvalue weighted by Crippen LogP contribution is 2.23. The minimum atomic E-state index is -3.83. The van der Waals surface area contributed by atoms with E-state index in [-0.39, 0.29) is 11.3 Å². The van der Waals surface area contributed by atoms with Gasteiger partial charge in [-0.2, -0.15) is 5.90 Å². The number of nitrogens with two attached hydrogens (primary N) is 1. The van der Waals surface area contributed by atoms with Gasteiger partial charge < -0.3 is 9.57 Å². The number of methoxy groups -OCH3 is 1. The van der Waals surface area contributed by atoms with Crippen molar-refractivity contribution in [2.75, 3.05) is 7.11 Å². The van der Waals surface area contributed by atoms with Crippen LogP contribution in [0.25, 0.3) is 0 Å². The van der Waals surface area contributed by atoms with Crippen LogP contribution in [0.3, 0.4) is 0 Å². The molecule has 0 fully saturated rings. The minimum Gasteiger partial charge on any atom is -0.497 e. The van der Waals surface area contributed by atoms with Crippen LogP contribution in [-0.4, -0.2) is 26.7 Å². The predicted molar refractivity (Wildman–Crippen MR) is 64.5 cm³/mol. The minimum absolute atomic E-state index is 0.000833. The fourth-order valence-corrected chi connectivity index (χ4v) is 3.16. The summed E-state index contributed by atoms with van der Waals surface area (Å²) in [5.74, 6) is 4.16. The van der Waals surface area contributed by atoms with E-state index in [9.17, 15) is 13.2 Å². The molecule has 1 rings (SSSR count). The second-order valence-corrected chi connectivity index (χ2v) is 5.69. The van der Waals surface area contributed by atoms with E-state index in [0.29, 0.717) is 5.75 Å². The van der Waals surface area contributed by atoms with E-state index in [2.05, 4.69) is 4.84 Å². The van der Waals surface area contributed by atoms with Crippen LogP contribution in [0.2, 0.25) is 0 Å². The molecule has 6 nitrogen and oxygen atoms in total. The van der Waals surface area contributed by atoms with Gasteiger partial charge in [0.1, 0.15) is 5.75 Å². The Morgan fingerprint density at radius 3 is 2.61 bits per heavy atom. The van der Waals surface area contributed by atoms with Gasteiger partial charge in [0, 0.05) is 0 Å². The van der Waals surface area contributed by atoms with Crippen molar-refractivity contribution in [3.8, 4) is 5.75 Å². The van der Waals surface area contributed by atoms with Crippen molar-refractivity contribution in [2.24, 2.45) is 5.90 Å². The lowest BCUT2D eigenvalue weighted by atomic mass is 10.3. The Morgan fingerprint density at radius 1 is 1.44 bits per heavy atom. The van der Waals surface area contributed by atoms with E-state index in [1.54, 1.807) is 13.0 Å².